The number of hydrogen-bond acceptors (Lipinski definition) is 6. The maximum absolute atomic E-state index is 11.2. The molecule has 19 heavy (non-hydrogen) atoms. The maximum atomic E-state index is 11.2. The Kier molecular flexibility index (Phi) is 5.35. The lowest BCUT2D eigenvalue weighted by Crippen LogP contribution is -2.34. The van der Waals surface area contributed by atoms with E-state index in [-0.39, 0.29) is 23.7 Å². The number of methoxy groups -OCH3 is 2. The molecule has 106 valence electrons. The van der Waals surface area contributed by atoms with Crippen molar-refractivity contribution in [3.63, 3.8) is 0 Å². The number of nitrogens with zero attached hydrogens (tertiary/aromatic N) is 2. The SMILES string of the molecule is CCC(C)C(Oc1nc(OC)cc(OC)n1)C(=O)O. The summed E-state index contributed by atoms with van der Waals surface area (Å²) in [7, 11) is 2.88. The number of carboxylic acids is 1. The zero-order chi connectivity index (χ0) is 14.4. The first-order valence-electron chi connectivity index (χ1n) is 5.88. The minimum absolute atomic E-state index is 0.0797. The summed E-state index contributed by atoms with van der Waals surface area (Å²) in [5, 5.41) is 9.15. The van der Waals surface area contributed by atoms with Crippen molar-refractivity contribution >= 4 is 5.97 Å². The molecule has 2 unspecified atom stereocenters. The summed E-state index contributed by atoms with van der Waals surface area (Å²) >= 11 is 0. The predicted octanol–water partition coefficient (Wildman–Crippen LogP) is 1.37. The molecule has 1 rings (SSSR count). The van der Waals surface area contributed by atoms with Crippen molar-refractivity contribution in [1.29, 1.82) is 0 Å². The van der Waals surface area contributed by atoms with E-state index in [4.69, 9.17) is 19.3 Å². The summed E-state index contributed by atoms with van der Waals surface area (Å²) in [6.45, 7) is 3.67. The Morgan fingerprint density at radius 1 is 1.32 bits per heavy atom. The number of ether oxygens (including phenoxy) is 3. The van der Waals surface area contributed by atoms with Crippen LogP contribution in [0.25, 0.3) is 0 Å². The van der Waals surface area contributed by atoms with Gasteiger partial charge >= 0.3 is 12.0 Å². The van der Waals surface area contributed by atoms with E-state index in [9.17, 15) is 4.79 Å². The van der Waals surface area contributed by atoms with Crippen LogP contribution in [0, 0.1) is 5.92 Å². The molecule has 0 aliphatic carbocycles. The van der Waals surface area contributed by atoms with Gasteiger partial charge in [0.1, 0.15) is 0 Å². The average molecular weight is 270 g/mol. The third-order valence-corrected chi connectivity index (χ3v) is 2.71. The van der Waals surface area contributed by atoms with Gasteiger partial charge < -0.3 is 19.3 Å². The minimum Gasteiger partial charge on any atom is -0.481 e. The van der Waals surface area contributed by atoms with E-state index in [0.29, 0.717) is 6.42 Å². The number of aromatic nitrogens is 2. The molecule has 0 amide bonds. The third kappa shape index (κ3) is 3.97. The van der Waals surface area contributed by atoms with Gasteiger partial charge in [0.15, 0.2) is 0 Å². The highest BCUT2D eigenvalue weighted by atomic mass is 16.5. The second-order valence-corrected chi connectivity index (χ2v) is 4.00. The number of rotatable bonds is 7. The summed E-state index contributed by atoms with van der Waals surface area (Å²) < 4.78 is 15.3. The van der Waals surface area contributed by atoms with Crippen molar-refractivity contribution < 1.29 is 24.1 Å². The standard InChI is InChI=1S/C12H18N2O5/c1-5-7(2)10(11(15)16)19-12-13-8(17-3)6-9(14-12)18-4/h6-7,10H,5H2,1-4H3,(H,15,16). The van der Waals surface area contributed by atoms with Crippen LogP contribution in [0.15, 0.2) is 6.07 Å². The van der Waals surface area contributed by atoms with Gasteiger partial charge in [0.2, 0.25) is 17.9 Å². The Bertz CT molecular complexity index is 416. The quantitative estimate of drug-likeness (QED) is 0.800. The lowest BCUT2D eigenvalue weighted by Gasteiger charge is -2.19. The normalized spacial score (nSPS) is 13.5. The summed E-state index contributed by atoms with van der Waals surface area (Å²) in [6, 6.07) is 1.40. The molecule has 2 atom stereocenters. The Morgan fingerprint density at radius 2 is 1.84 bits per heavy atom. The monoisotopic (exact) mass is 270 g/mol. The van der Waals surface area contributed by atoms with Gasteiger partial charge in [0.25, 0.3) is 0 Å². The van der Waals surface area contributed by atoms with E-state index in [0.717, 1.165) is 0 Å². The van der Waals surface area contributed by atoms with Gasteiger partial charge in [-0.2, -0.15) is 9.97 Å². The maximum Gasteiger partial charge on any atom is 0.345 e. The van der Waals surface area contributed by atoms with E-state index >= 15 is 0 Å². The first kappa shape index (κ1) is 15.0. The molecule has 1 aromatic rings. The lowest BCUT2D eigenvalue weighted by molar-refractivity contribution is -0.147. The van der Waals surface area contributed by atoms with Gasteiger partial charge in [-0.05, 0) is 6.42 Å². The number of carboxylic acid groups (broad SMARTS) is 1. The van der Waals surface area contributed by atoms with Crippen molar-refractivity contribution in [2.75, 3.05) is 14.2 Å². The second kappa shape index (κ2) is 6.77. The predicted molar refractivity (Wildman–Crippen MR) is 66.6 cm³/mol. The van der Waals surface area contributed by atoms with E-state index in [1.165, 1.54) is 20.3 Å². The minimum atomic E-state index is -1.06. The summed E-state index contributed by atoms with van der Waals surface area (Å²) in [6.07, 6.45) is -0.347. The van der Waals surface area contributed by atoms with Crippen LogP contribution in [0.3, 0.4) is 0 Å². The summed E-state index contributed by atoms with van der Waals surface area (Å²) in [5.41, 5.74) is 0. The van der Waals surface area contributed by atoms with E-state index in [1.807, 2.05) is 6.92 Å². The van der Waals surface area contributed by atoms with Crippen molar-refractivity contribution in [3.8, 4) is 17.8 Å². The molecule has 0 bridgehead atoms. The highest BCUT2D eigenvalue weighted by Crippen LogP contribution is 2.21. The van der Waals surface area contributed by atoms with Gasteiger partial charge in [-0.15, -0.1) is 0 Å². The molecule has 0 radical (unpaired) electrons. The second-order valence-electron chi connectivity index (χ2n) is 4.00. The van der Waals surface area contributed by atoms with Crippen LogP contribution in [0.2, 0.25) is 0 Å². The van der Waals surface area contributed by atoms with E-state index < -0.39 is 12.1 Å². The van der Waals surface area contributed by atoms with Crippen molar-refractivity contribution in [2.24, 2.45) is 5.92 Å². The molecule has 0 aromatic carbocycles. The highest BCUT2D eigenvalue weighted by Gasteiger charge is 2.27. The first-order chi connectivity index (χ1) is 9.01. The van der Waals surface area contributed by atoms with E-state index in [1.54, 1.807) is 6.92 Å². The number of aliphatic carboxylic acids is 1. The molecule has 1 heterocycles. The van der Waals surface area contributed by atoms with Crippen LogP contribution >= 0.6 is 0 Å². The van der Waals surface area contributed by atoms with Gasteiger partial charge in [-0.1, -0.05) is 13.8 Å². The van der Waals surface area contributed by atoms with Crippen LogP contribution < -0.4 is 14.2 Å². The molecular formula is C12H18N2O5. The van der Waals surface area contributed by atoms with Gasteiger partial charge in [0.05, 0.1) is 20.3 Å². The van der Waals surface area contributed by atoms with Crippen LogP contribution in [-0.2, 0) is 4.79 Å². The highest BCUT2D eigenvalue weighted by molar-refractivity contribution is 5.73. The molecule has 0 aliphatic heterocycles. The fourth-order valence-corrected chi connectivity index (χ4v) is 1.38. The molecule has 7 heteroatoms. The fourth-order valence-electron chi connectivity index (χ4n) is 1.38. The van der Waals surface area contributed by atoms with Gasteiger partial charge in [-0.3, -0.25) is 0 Å². The van der Waals surface area contributed by atoms with Gasteiger partial charge in [0, 0.05) is 5.92 Å². The Morgan fingerprint density at radius 3 is 2.21 bits per heavy atom. The molecule has 0 aliphatic rings. The van der Waals surface area contributed by atoms with Gasteiger partial charge in [-0.25, -0.2) is 4.79 Å². The first-order valence-corrected chi connectivity index (χ1v) is 5.88. The van der Waals surface area contributed by atoms with E-state index in [2.05, 4.69) is 9.97 Å². The molecule has 1 aromatic heterocycles. The van der Waals surface area contributed by atoms with Crippen molar-refractivity contribution in [1.82, 2.24) is 9.97 Å². The zero-order valence-electron chi connectivity index (χ0n) is 11.4. The Hall–Kier alpha value is -2.05. The molecule has 1 N–H and O–H groups in total. The molecular weight excluding hydrogens is 252 g/mol. The lowest BCUT2D eigenvalue weighted by atomic mass is 10.0. The van der Waals surface area contributed by atoms with Crippen molar-refractivity contribution in [3.05, 3.63) is 6.07 Å². The molecule has 0 fully saturated rings. The van der Waals surface area contributed by atoms with Crippen LogP contribution in [-0.4, -0.2) is 41.4 Å². The number of carbonyl (C=O) groups is 1. The van der Waals surface area contributed by atoms with Crippen molar-refractivity contribution in [2.45, 2.75) is 26.4 Å². The molecule has 7 nitrogen and oxygen atoms in total. The zero-order valence-corrected chi connectivity index (χ0v) is 11.4. The largest absolute Gasteiger partial charge is 0.481 e. The number of hydrogen-bond donors (Lipinski definition) is 1. The van der Waals surface area contributed by atoms with Crippen LogP contribution in [0.4, 0.5) is 0 Å². The smallest absolute Gasteiger partial charge is 0.345 e. The fraction of sp³-hybridized carbons (Fsp3) is 0.583. The Balaban J connectivity index is 2.98. The topological polar surface area (TPSA) is 90.8 Å². The summed E-state index contributed by atoms with van der Waals surface area (Å²) in [4.78, 5) is 19.0. The Labute approximate surface area is 111 Å². The molecule has 0 saturated carbocycles. The average Bonchev–Trinajstić information content (AvgIpc) is 2.43. The van der Waals surface area contributed by atoms with Crippen LogP contribution in [0.1, 0.15) is 20.3 Å². The summed E-state index contributed by atoms with van der Waals surface area (Å²) in [5.74, 6) is -0.733. The third-order valence-electron chi connectivity index (χ3n) is 2.71. The molecule has 0 spiro atoms. The van der Waals surface area contributed by atoms with Crippen LogP contribution in [0.5, 0.6) is 17.8 Å². The molecule has 0 saturated heterocycles.